The first-order chi connectivity index (χ1) is 16.2. The summed E-state index contributed by atoms with van der Waals surface area (Å²) in [7, 11) is 3.75. The minimum Gasteiger partial charge on any atom is -0.368 e. The molecule has 4 aromatic rings. The van der Waals surface area contributed by atoms with Gasteiger partial charge in [0.25, 0.3) is 0 Å². The average Bonchev–Trinajstić information content (AvgIpc) is 3.20. The summed E-state index contributed by atoms with van der Waals surface area (Å²) in [6, 6.07) is 18.9. The van der Waals surface area contributed by atoms with Gasteiger partial charge in [-0.3, -0.25) is 4.57 Å². The largest absolute Gasteiger partial charge is 0.368 e. The van der Waals surface area contributed by atoms with Crippen molar-refractivity contribution in [3.05, 3.63) is 71.5 Å². The Kier molecular flexibility index (Phi) is 6.83. The Morgan fingerprint density at radius 2 is 1.62 bits per heavy atom. The van der Waals surface area contributed by atoms with Gasteiger partial charge < -0.3 is 10.6 Å². The van der Waals surface area contributed by atoms with Gasteiger partial charge in [0, 0.05) is 19.7 Å². The van der Waals surface area contributed by atoms with Crippen LogP contribution >= 0.6 is 11.8 Å². The van der Waals surface area contributed by atoms with Crippen molar-refractivity contribution >= 4 is 23.7 Å². The van der Waals surface area contributed by atoms with E-state index in [0.717, 1.165) is 16.5 Å². The number of anilines is 2. The SMILES string of the molecule is CN(C)c1nc(N)nc(CSc2nnc(-c3ccc(C(C)(C)C)cc3)n2Cc2ccccc2)n1. The van der Waals surface area contributed by atoms with Crippen LogP contribution in [0.4, 0.5) is 11.9 Å². The number of thioether (sulfide) groups is 1. The van der Waals surface area contributed by atoms with Gasteiger partial charge in [0.05, 0.1) is 12.3 Å². The maximum Gasteiger partial charge on any atom is 0.229 e. The summed E-state index contributed by atoms with van der Waals surface area (Å²) in [5, 5.41) is 9.87. The molecule has 0 aliphatic carbocycles. The zero-order valence-electron chi connectivity index (χ0n) is 20.2. The molecule has 0 fully saturated rings. The summed E-state index contributed by atoms with van der Waals surface area (Å²) >= 11 is 1.53. The molecule has 2 aromatic heterocycles. The highest BCUT2D eigenvalue weighted by Gasteiger charge is 2.18. The fourth-order valence-corrected chi connectivity index (χ4v) is 4.25. The zero-order valence-corrected chi connectivity index (χ0v) is 21.0. The third-order valence-electron chi connectivity index (χ3n) is 5.33. The molecule has 0 atom stereocenters. The Morgan fingerprint density at radius 3 is 2.26 bits per heavy atom. The van der Waals surface area contributed by atoms with Crippen molar-refractivity contribution in [2.24, 2.45) is 0 Å². The second-order valence-corrected chi connectivity index (χ2v) is 10.2. The second-order valence-electron chi connectivity index (χ2n) is 9.30. The number of rotatable bonds is 7. The highest BCUT2D eigenvalue weighted by atomic mass is 32.2. The molecule has 0 spiro atoms. The predicted molar refractivity (Wildman–Crippen MR) is 138 cm³/mol. The minimum atomic E-state index is 0.0923. The monoisotopic (exact) mass is 474 g/mol. The van der Waals surface area contributed by atoms with Crippen LogP contribution in [0.3, 0.4) is 0 Å². The standard InChI is InChI=1S/C25H30N8S/c1-25(2,3)19-13-11-18(12-14-19)21-30-31-24(33(21)15-17-9-7-6-8-10-17)34-16-20-27-22(26)29-23(28-20)32(4)5/h6-14H,15-16H2,1-5H3,(H2,26,27,28,29). The molecule has 34 heavy (non-hydrogen) atoms. The van der Waals surface area contributed by atoms with Gasteiger partial charge in [0.1, 0.15) is 5.82 Å². The third-order valence-corrected chi connectivity index (χ3v) is 6.29. The van der Waals surface area contributed by atoms with Crippen LogP contribution in [0.15, 0.2) is 59.8 Å². The quantitative estimate of drug-likeness (QED) is 0.393. The van der Waals surface area contributed by atoms with E-state index in [0.29, 0.717) is 24.1 Å². The molecule has 2 aromatic carbocycles. The molecule has 0 saturated carbocycles. The topological polar surface area (TPSA) is 98.6 Å². The van der Waals surface area contributed by atoms with Crippen LogP contribution in [0.1, 0.15) is 37.7 Å². The molecule has 4 rings (SSSR count). The van der Waals surface area contributed by atoms with Gasteiger partial charge in [0.2, 0.25) is 11.9 Å². The number of hydrogen-bond donors (Lipinski definition) is 1. The van der Waals surface area contributed by atoms with E-state index in [1.807, 2.05) is 37.2 Å². The van der Waals surface area contributed by atoms with Gasteiger partial charge in [-0.1, -0.05) is 87.1 Å². The average molecular weight is 475 g/mol. The normalized spacial score (nSPS) is 11.6. The Hall–Kier alpha value is -3.46. The number of hydrogen-bond acceptors (Lipinski definition) is 8. The molecule has 0 unspecified atom stereocenters. The van der Waals surface area contributed by atoms with Crippen molar-refractivity contribution in [3.8, 4) is 11.4 Å². The molecule has 2 N–H and O–H groups in total. The van der Waals surface area contributed by atoms with Gasteiger partial charge in [-0.2, -0.15) is 15.0 Å². The first-order valence-electron chi connectivity index (χ1n) is 11.1. The molecule has 0 saturated heterocycles. The third kappa shape index (κ3) is 5.53. The Morgan fingerprint density at radius 1 is 0.912 bits per heavy atom. The van der Waals surface area contributed by atoms with E-state index in [1.54, 1.807) is 0 Å². The van der Waals surface area contributed by atoms with E-state index >= 15 is 0 Å². The maximum absolute atomic E-state index is 5.89. The summed E-state index contributed by atoms with van der Waals surface area (Å²) < 4.78 is 2.14. The van der Waals surface area contributed by atoms with E-state index in [1.165, 1.54) is 22.9 Å². The Labute approximate surface area is 204 Å². The van der Waals surface area contributed by atoms with Gasteiger partial charge in [-0.05, 0) is 16.5 Å². The van der Waals surface area contributed by atoms with Crippen molar-refractivity contribution < 1.29 is 0 Å². The summed E-state index contributed by atoms with van der Waals surface area (Å²) in [5.41, 5.74) is 9.47. The van der Waals surface area contributed by atoms with Crippen LogP contribution in [-0.2, 0) is 17.7 Å². The molecule has 2 heterocycles. The number of nitrogen functional groups attached to an aromatic ring is 1. The van der Waals surface area contributed by atoms with Crippen LogP contribution in [0.2, 0.25) is 0 Å². The van der Waals surface area contributed by atoms with Crippen LogP contribution in [0.25, 0.3) is 11.4 Å². The first kappa shape index (κ1) is 23.7. The molecular formula is C25H30N8S. The second kappa shape index (κ2) is 9.80. The van der Waals surface area contributed by atoms with Gasteiger partial charge in [-0.25, -0.2) is 0 Å². The molecular weight excluding hydrogens is 444 g/mol. The maximum atomic E-state index is 5.89. The molecule has 0 radical (unpaired) electrons. The Balaban J connectivity index is 1.66. The van der Waals surface area contributed by atoms with Crippen molar-refractivity contribution in [1.82, 2.24) is 29.7 Å². The highest BCUT2D eigenvalue weighted by Crippen LogP contribution is 2.29. The van der Waals surface area contributed by atoms with E-state index in [4.69, 9.17) is 5.73 Å². The molecule has 9 heteroatoms. The van der Waals surface area contributed by atoms with Crippen molar-refractivity contribution in [2.75, 3.05) is 24.7 Å². The molecule has 0 aliphatic heterocycles. The zero-order chi connectivity index (χ0) is 24.3. The molecule has 0 amide bonds. The van der Waals surface area contributed by atoms with Crippen LogP contribution < -0.4 is 10.6 Å². The number of aromatic nitrogens is 6. The number of nitrogens with zero attached hydrogens (tertiary/aromatic N) is 7. The fraction of sp³-hybridized carbons (Fsp3) is 0.320. The van der Waals surface area contributed by atoms with E-state index in [9.17, 15) is 0 Å². The lowest BCUT2D eigenvalue weighted by Gasteiger charge is -2.19. The summed E-state index contributed by atoms with van der Waals surface area (Å²) in [6.45, 7) is 7.30. The summed E-state index contributed by atoms with van der Waals surface area (Å²) in [5.74, 6) is 2.68. The van der Waals surface area contributed by atoms with E-state index in [2.05, 4.69) is 86.9 Å². The number of nitrogens with two attached hydrogens (primary N) is 1. The lowest BCUT2D eigenvalue weighted by molar-refractivity contribution is 0.590. The van der Waals surface area contributed by atoms with Crippen molar-refractivity contribution in [1.29, 1.82) is 0 Å². The van der Waals surface area contributed by atoms with Gasteiger partial charge in [0.15, 0.2) is 11.0 Å². The highest BCUT2D eigenvalue weighted by molar-refractivity contribution is 7.98. The summed E-state index contributed by atoms with van der Waals surface area (Å²) in [6.07, 6.45) is 0. The van der Waals surface area contributed by atoms with Gasteiger partial charge in [-0.15, -0.1) is 10.2 Å². The molecule has 176 valence electrons. The van der Waals surface area contributed by atoms with E-state index in [-0.39, 0.29) is 11.4 Å². The first-order valence-corrected chi connectivity index (χ1v) is 12.1. The lowest BCUT2D eigenvalue weighted by Crippen LogP contribution is -2.16. The molecule has 0 aliphatic rings. The lowest BCUT2D eigenvalue weighted by atomic mass is 9.87. The molecule has 0 bridgehead atoms. The predicted octanol–water partition coefficient (Wildman–Crippen LogP) is 4.42. The van der Waals surface area contributed by atoms with Gasteiger partial charge >= 0.3 is 0 Å². The molecule has 8 nitrogen and oxygen atoms in total. The van der Waals surface area contributed by atoms with Crippen molar-refractivity contribution in [2.45, 2.75) is 43.6 Å². The Bertz CT molecular complexity index is 1240. The fourth-order valence-electron chi connectivity index (χ4n) is 3.46. The van der Waals surface area contributed by atoms with Crippen LogP contribution in [0.5, 0.6) is 0 Å². The van der Waals surface area contributed by atoms with Crippen molar-refractivity contribution in [3.63, 3.8) is 0 Å². The van der Waals surface area contributed by atoms with Crippen LogP contribution in [0, 0.1) is 0 Å². The number of benzene rings is 2. The van der Waals surface area contributed by atoms with Crippen LogP contribution in [-0.4, -0.2) is 43.8 Å². The van der Waals surface area contributed by atoms with E-state index < -0.39 is 0 Å². The smallest absolute Gasteiger partial charge is 0.229 e. The minimum absolute atomic E-state index is 0.0923. The summed E-state index contributed by atoms with van der Waals surface area (Å²) in [4.78, 5) is 14.8.